The average Bonchev–Trinajstić information content (AvgIpc) is 2.53. The van der Waals surface area contributed by atoms with Gasteiger partial charge in [-0.2, -0.15) is 0 Å². The second kappa shape index (κ2) is 7.11. The summed E-state index contributed by atoms with van der Waals surface area (Å²) in [4.78, 5) is 13.0. The van der Waals surface area contributed by atoms with Gasteiger partial charge in [0.25, 0.3) is 5.69 Å². The molecule has 1 aliphatic rings. The van der Waals surface area contributed by atoms with Crippen molar-refractivity contribution < 1.29 is 4.92 Å². The van der Waals surface area contributed by atoms with Gasteiger partial charge >= 0.3 is 0 Å². The maximum absolute atomic E-state index is 11.1. The van der Waals surface area contributed by atoms with Gasteiger partial charge in [-0.1, -0.05) is 36.4 Å². The maximum Gasteiger partial charge on any atom is 0.269 e. The molecule has 0 saturated heterocycles. The number of nitro groups is 1. The van der Waals surface area contributed by atoms with Crippen LogP contribution in [0.2, 0.25) is 0 Å². The van der Waals surface area contributed by atoms with Crippen molar-refractivity contribution in [1.82, 2.24) is 4.90 Å². The molecule has 1 aliphatic carbocycles. The van der Waals surface area contributed by atoms with Crippen LogP contribution in [0.4, 0.5) is 5.69 Å². The molecule has 0 radical (unpaired) electrons. The van der Waals surface area contributed by atoms with Gasteiger partial charge in [0.15, 0.2) is 0 Å². The van der Waals surface area contributed by atoms with Gasteiger partial charge in [0, 0.05) is 24.1 Å². The Morgan fingerprint density at radius 3 is 2.57 bits per heavy atom. The molecule has 0 aromatic heterocycles. The highest BCUT2D eigenvalue weighted by Gasteiger charge is 2.29. The van der Waals surface area contributed by atoms with Crippen molar-refractivity contribution >= 4 is 18.1 Å². The van der Waals surface area contributed by atoms with Crippen molar-refractivity contribution in [3.05, 3.63) is 75.3 Å². The van der Waals surface area contributed by atoms with E-state index in [4.69, 9.17) is 0 Å². The first-order valence-electron chi connectivity index (χ1n) is 7.55. The smallest absolute Gasteiger partial charge is 0.269 e. The molecule has 3 rings (SSSR count). The highest BCUT2D eigenvalue weighted by molar-refractivity contribution is 5.85. The lowest BCUT2D eigenvalue weighted by molar-refractivity contribution is -0.384. The van der Waals surface area contributed by atoms with E-state index in [1.165, 1.54) is 11.1 Å². The van der Waals surface area contributed by atoms with E-state index < -0.39 is 0 Å². The van der Waals surface area contributed by atoms with Gasteiger partial charge in [-0.3, -0.25) is 10.1 Å². The van der Waals surface area contributed by atoms with Crippen LogP contribution in [0.1, 0.15) is 29.0 Å². The molecule has 2 aromatic rings. The minimum absolute atomic E-state index is 0. The first-order chi connectivity index (χ1) is 10.6. The number of hydrogen-bond donors (Lipinski definition) is 0. The van der Waals surface area contributed by atoms with Crippen LogP contribution in [0.25, 0.3) is 0 Å². The molecule has 4 nitrogen and oxygen atoms in total. The third-order valence-corrected chi connectivity index (χ3v) is 4.61. The van der Waals surface area contributed by atoms with Gasteiger partial charge in [0.05, 0.1) is 4.92 Å². The summed E-state index contributed by atoms with van der Waals surface area (Å²) in [5.41, 5.74) is 3.86. The topological polar surface area (TPSA) is 46.4 Å². The lowest BCUT2D eigenvalue weighted by atomic mass is 9.76. The van der Waals surface area contributed by atoms with E-state index in [-0.39, 0.29) is 28.9 Å². The third kappa shape index (κ3) is 3.54. The van der Waals surface area contributed by atoms with Gasteiger partial charge < -0.3 is 4.90 Å². The molecule has 0 bridgehead atoms. The van der Waals surface area contributed by atoms with Crippen LogP contribution in [0.15, 0.2) is 48.5 Å². The summed E-state index contributed by atoms with van der Waals surface area (Å²) in [6.45, 7) is 0. The Bertz CT molecular complexity index is 703. The molecular weight excluding hydrogens is 312 g/mol. The number of rotatable bonds is 3. The number of likely N-dealkylation sites (N-methyl/N-ethyl adjacent to an activating group) is 1. The van der Waals surface area contributed by atoms with Crippen LogP contribution in [-0.2, 0) is 6.42 Å². The maximum atomic E-state index is 11.1. The fourth-order valence-corrected chi connectivity index (χ4v) is 3.36. The van der Waals surface area contributed by atoms with Crippen LogP contribution < -0.4 is 0 Å². The van der Waals surface area contributed by atoms with E-state index in [1.54, 1.807) is 18.2 Å². The highest BCUT2D eigenvalue weighted by atomic mass is 35.5. The fourth-order valence-electron chi connectivity index (χ4n) is 3.36. The van der Waals surface area contributed by atoms with Gasteiger partial charge in [-0.05, 0) is 43.6 Å². The molecule has 0 heterocycles. The van der Waals surface area contributed by atoms with Crippen molar-refractivity contribution in [1.29, 1.82) is 0 Å². The van der Waals surface area contributed by atoms with Crippen molar-refractivity contribution in [2.24, 2.45) is 0 Å². The number of nitro benzene ring substituents is 1. The number of hydrogen-bond acceptors (Lipinski definition) is 3. The zero-order valence-electron chi connectivity index (χ0n) is 13.3. The third-order valence-electron chi connectivity index (χ3n) is 4.61. The molecular formula is C18H21ClN2O2. The molecule has 0 aliphatic heterocycles. The molecule has 2 atom stereocenters. The predicted octanol–water partition coefficient (Wildman–Crippen LogP) is 4.02. The highest BCUT2D eigenvalue weighted by Crippen LogP contribution is 2.38. The molecule has 0 fully saturated rings. The number of halogens is 1. The van der Waals surface area contributed by atoms with Gasteiger partial charge in [0.2, 0.25) is 0 Å². The van der Waals surface area contributed by atoms with Crippen molar-refractivity contribution in [3.63, 3.8) is 0 Å². The Hall–Kier alpha value is -1.91. The molecule has 0 saturated carbocycles. The number of non-ortho nitro benzene ring substituents is 1. The normalized spacial score (nSPS) is 19.8. The average molecular weight is 333 g/mol. The Labute approximate surface area is 142 Å². The Morgan fingerprint density at radius 1 is 1.13 bits per heavy atom. The van der Waals surface area contributed by atoms with Crippen LogP contribution in [0, 0.1) is 10.1 Å². The molecule has 0 unspecified atom stereocenters. The number of nitrogens with zero attached hydrogens (tertiary/aromatic N) is 2. The molecule has 23 heavy (non-hydrogen) atoms. The molecule has 0 amide bonds. The van der Waals surface area contributed by atoms with E-state index >= 15 is 0 Å². The summed E-state index contributed by atoms with van der Waals surface area (Å²) in [6.07, 6.45) is 2.03. The zero-order chi connectivity index (χ0) is 15.7. The first-order valence-corrected chi connectivity index (χ1v) is 7.55. The van der Waals surface area contributed by atoms with Crippen LogP contribution >= 0.6 is 12.4 Å². The quantitative estimate of drug-likeness (QED) is 0.630. The second-order valence-corrected chi connectivity index (χ2v) is 6.16. The van der Waals surface area contributed by atoms with Crippen molar-refractivity contribution in [2.45, 2.75) is 24.8 Å². The van der Waals surface area contributed by atoms with Gasteiger partial charge in [-0.15, -0.1) is 12.4 Å². The summed E-state index contributed by atoms with van der Waals surface area (Å²) >= 11 is 0. The number of benzene rings is 2. The summed E-state index contributed by atoms with van der Waals surface area (Å²) in [5, 5.41) is 11.1. The molecule has 2 aromatic carbocycles. The molecule has 5 heteroatoms. The van der Waals surface area contributed by atoms with Crippen LogP contribution in [0.3, 0.4) is 0 Å². The fraction of sp³-hybridized carbons (Fsp3) is 0.333. The predicted molar refractivity (Wildman–Crippen MR) is 94.4 cm³/mol. The Balaban J connectivity index is 0.00000192. The zero-order valence-corrected chi connectivity index (χ0v) is 14.1. The van der Waals surface area contributed by atoms with E-state index in [1.807, 2.05) is 6.07 Å². The minimum atomic E-state index is -0.318. The standard InChI is InChI=1S/C18H20N2O2.ClH/c1-19(2)16-11-13-6-3-4-9-17(13)18(12-16)14-7-5-8-15(10-14)20(21)22;/h3-10,16,18H,11-12H2,1-2H3;1H/t16-,18-;/m0./s1. The monoisotopic (exact) mass is 332 g/mol. The summed E-state index contributed by atoms with van der Waals surface area (Å²) in [7, 11) is 4.20. The summed E-state index contributed by atoms with van der Waals surface area (Å²) in [5.74, 6) is 0.220. The Kier molecular flexibility index (Phi) is 5.39. The molecule has 122 valence electrons. The molecule has 0 spiro atoms. The molecule has 0 N–H and O–H groups in total. The van der Waals surface area contributed by atoms with Crippen LogP contribution in [0.5, 0.6) is 0 Å². The van der Waals surface area contributed by atoms with Crippen molar-refractivity contribution in [3.8, 4) is 0 Å². The summed E-state index contributed by atoms with van der Waals surface area (Å²) in [6, 6.07) is 16.0. The van der Waals surface area contributed by atoms with Crippen LogP contribution in [-0.4, -0.2) is 30.0 Å². The minimum Gasteiger partial charge on any atom is -0.306 e. The van der Waals surface area contributed by atoms with Gasteiger partial charge in [0.1, 0.15) is 0 Å². The number of fused-ring (bicyclic) bond motifs is 1. The van der Waals surface area contributed by atoms with E-state index in [0.717, 1.165) is 18.4 Å². The van der Waals surface area contributed by atoms with E-state index in [2.05, 4.69) is 43.3 Å². The largest absolute Gasteiger partial charge is 0.306 e. The summed E-state index contributed by atoms with van der Waals surface area (Å²) < 4.78 is 0. The lowest BCUT2D eigenvalue weighted by Crippen LogP contribution is -2.35. The SMILES string of the molecule is CN(C)[C@H]1Cc2ccccc2[C@H](c2cccc([N+](=O)[O-])c2)C1.Cl. The Morgan fingerprint density at radius 2 is 1.87 bits per heavy atom. The van der Waals surface area contributed by atoms with E-state index in [9.17, 15) is 10.1 Å². The van der Waals surface area contributed by atoms with Gasteiger partial charge in [-0.25, -0.2) is 0 Å². The second-order valence-electron chi connectivity index (χ2n) is 6.16. The van der Waals surface area contributed by atoms with E-state index in [0.29, 0.717) is 6.04 Å². The van der Waals surface area contributed by atoms with Crippen molar-refractivity contribution in [2.75, 3.05) is 14.1 Å². The lowest BCUT2D eigenvalue weighted by Gasteiger charge is -2.35. The first kappa shape index (κ1) is 17.4.